The lowest BCUT2D eigenvalue weighted by atomic mass is 10.1. The van der Waals surface area contributed by atoms with E-state index in [1.54, 1.807) is 12.1 Å². The van der Waals surface area contributed by atoms with Crippen LogP contribution < -0.4 is 0 Å². The zero-order valence-electron chi connectivity index (χ0n) is 12.3. The lowest BCUT2D eigenvalue weighted by Gasteiger charge is -2.06. The van der Waals surface area contributed by atoms with E-state index < -0.39 is 0 Å². The second-order valence-electron chi connectivity index (χ2n) is 5.26. The lowest BCUT2D eigenvalue weighted by Crippen LogP contribution is -2.06. The molecule has 0 aliphatic carbocycles. The van der Waals surface area contributed by atoms with E-state index in [-0.39, 0.29) is 24.8 Å². The van der Waals surface area contributed by atoms with Crippen molar-refractivity contribution in [2.45, 2.75) is 19.4 Å². The van der Waals surface area contributed by atoms with Crippen molar-refractivity contribution in [1.29, 1.82) is 0 Å². The highest BCUT2D eigenvalue weighted by atomic mass is 79.9. The number of fused-ring (bicyclic) bond motifs is 1. The molecule has 0 bridgehead atoms. The van der Waals surface area contributed by atoms with Gasteiger partial charge in [0.15, 0.2) is 0 Å². The fourth-order valence-corrected chi connectivity index (χ4v) is 2.78. The number of para-hydroxylation sites is 1. The standard InChI is InChI=1S/C18H15BrFNO2/c19-14-7-5-13(16(20)9-14)11-23-18(22)8-6-12-10-21-17-4-2-1-3-15(12)17/h1-5,7,9-10,21H,6,8,11H2. The number of aromatic amines is 1. The van der Waals surface area contributed by atoms with Gasteiger partial charge in [-0.25, -0.2) is 4.39 Å². The summed E-state index contributed by atoms with van der Waals surface area (Å²) < 4.78 is 19.5. The predicted octanol–water partition coefficient (Wildman–Crippen LogP) is 4.75. The van der Waals surface area contributed by atoms with Gasteiger partial charge in [-0.05, 0) is 30.2 Å². The van der Waals surface area contributed by atoms with E-state index in [2.05, 4.69) is 20.9 Å². The molecule has 23 heavy (non-hydrogen) atoms. The molecule has 1 heterocycles. The van der Waals surface area contributed by atoms with E-state index in [1.807, 2.05) is 30.5 Å². The zero-order valence-corrected chi connectivity index (χ0v) is 13.9. The molecule has 0 aliphatic heterocycles. The Kier molecular flexibility index (Phi) is 4.76. The Bertz CT molecular complexity index is 844. The van der Waals surface area contributed by atoms with Crippen molar-refractivity contribution in [3.63, 3.8) is 0 Å². The molecule has 0 fully saturated rings. The number of aryl methyl sites for hydroxylation is 1. The molecule has 0 spiro atoms. The highest BCUT2D eigenvalue weighted by Gasteiger charge is 2.09. The predicted molar refractivity (Wildman–Crippen MR) is 90.5 cm³/mol. The van der Waals surface area contributed by atoms with Gasteiger partial charge in [-0.2, -0.15) is 0 Å². The van der Waals surface area contributed by atoms with Crippen LogP contribution in [0.15, 0.2) is 53.1 Å². The van der Waals surface area contributed by atoms with Crippen molar-refractivity contribution in [1.82, 2.24) is 4.98 Å². The Hall–Kier alpha value is -2.14. The number of benzene rings is 2. The third kappa shape index (κ3) is 3.79. The molecule has 5 heteroatoms. The third-order valence-corrected chi connectivity index (χ3v) is 4.17. The maximum absolute atomic E-state index is 13.7. The van der Waals surface area contributed by atoms with Crippen LogP contribution in [0.5, 0.6) is 0 Å². The number of H-pyrrole nitrogens is 1. The highest BCUT2D eigenvalue weighted by Crippen LogP contribution is 2.20. The summed E-state index contributed by atoms with van der Waals surface area (Å²) in [4.78, 5) is 15.0. The topological polar surface area (TPSA) is 42.1 Å². The summed E-state index contributed by atoms with van der Waals surface area (Å²) in [5.74, 6) is -0.721. The van der Waals surface area contributed by atoms with Crippen LogP contribution in [-0.2, 0) is 22.6 Å². The average Bonchev–Trinajstić information content (AvgIpc) is 2.95. The van der Waals surface area contributed by atoms with Crippen LogP contribution in [0, 0.1) is 5.82 Å². The highest BCUT2D eigenvalue weighted by molar-refractivity contribution is 9.10. The Balaban J connectivity index is 1.55. The van der Waals surface area contributed by atoms with E-state index in [9.17, 15) is 9.18 Å². The molecule has 1 N–H and O–H groups in total. The average molecular weight is 376 g/mol. The van der Waals surface area contributed by atoms with Gasteiger partial charge in [0, 0.05) is 33.6 Å². The minimum Gasteiger partial charge on any atom is -0.461 e. The fraction of sp³-hybridized carbons (Fsp3) is 0.167. The molecule has 2 aromatic carbocycles. The molecule has 3 aromatic rings. The number of hydrogen-bond donors (Lipinski definition) is 1. The maximum Gasteiger partial charge on any atom is 0.306 e. The van der Waals surface area contributed by atoms with Crippen molar-refractivity contribution >= 4 is 32.8 Å². The van der Waals surface area contributed by atoms with Crippen LogP contribution in [-0.4, -0.2) is 11.0 Å². The van der Waals surface area contributed by atoms with Gasteiger partial charge in [-0.15, -0.1) is 0 Å². The van der Waals surface area contributed by atoms with Crippen LogP contribution in [0.4, 0.5) is 4.39 Å². The Morgan fingerprint density at radius 1 is 1.17 bits per heavy atom. The molecular formula is C18H15BrFNO2. The van der Waals surface area contributed by atoms with Crippen LogP contribution in [0.25, 0.3) is 10.9 Å². The van der Waals surface area contributed by atoms with Crippen LogP contribution in [0.3, 0.4) is 0 Å². The van der Waals surface area contributed by atoms with Crippen LogP contribution >= 0.6 is 15.9 Å². The molecular weight excluding hydrogens is 361 g/mol. The van der Waals surface area contributed by atoms with Gasteiger partial charge in [-0.1, -0.05) is 40.2 Å². The summed E-state index contributed by atoms with van der Waals surface area (Å²) in [5, 5.41) is 1.11. The van der Waals surface area contributed by atoms with Gasteiger partial charge < -0.3 is 9.72 Å². The summed E-state index contributed by atoms with van der Waals surface area (Å²) in [6.07, 6.45) is 2.76. The molecule has 1 aromatic heterocycles. The quantitative estimate of drug-likeness (QED) is 0.654. The smallest absolute Gasteiger partial charge is 0.306 e. The lowest BCUT2D eigenvalue weighted by molar-refractivity contribution is -0.144. The first kappa shape index (κ1) is 15.7. The Morgan fingerprint density at radius 3 is 2.83 bits per heavy atom. The van der Waals surface area contributed by atoms with Crippen molar-refractivity contribution in [3.8, 4) is 0 Å². The fourth-order valence-electron chi connectivity index (χ4n) is 2.44. The molecule has 3 nitrogen and oxygen atoms in total. The van der Waals surface area contributed by atoms with Crippen molar-refractivity contribution in [2.24, 2.45) is 0 Å². The van der Waals surface area contributed by atoms with Crippen LogP contribution in [0.1, 0.15) is 17.5 Å². The summed E-state index contributed by atoms with van der Waals surface area (Å²) in [6.45, 7) is -0.0498. The van der Waals surface area contributed by atoms with E-state index in [1.165, 1.54) is 6.07 Å². The monoisotopic (exact) mass is 375 g/mol. The normalized spacial score (nSPS) is 10.9. The summed E-state index contributed by atoms with van der Waals surface area (Å²) in [7, 11) is 0. The molecule has 0 unspecified atom stereocenters. The Labute approximate surface area is 141 Å². The maximum atomic E-state index is 13.7. The molecule has 0 radical (unpaired) electrons. The molecule has 0 saturated carbocycles. The van der Waals surface area contributed by atoms with Crippen molar-refractivity contribution < 1.29 is 13.9 Å². The number of rotatable bonds is 5. The van der Waals surface area contributed by atoms with E-state index in [0.717, 1.165) is 16.5 Å². The number of halogens is 2. The minimum absolute atomic E-state index is 0.0498. The van der Waals surface area contributed by atoms with Crippen LogP contribution in [0.2, 0.25) is 0 Å². The van der Waals surface area contributed by atoms with E-state index in [0.29, 0.717) is 16.5 Å². The summed E-state index contributed by atoms with van der Waals surface area (Å²) in [5.41, 5.74) is 2.49. The zero-order chi connectivity index (χ0) is 16.2. The number of ether oxygens (including phenoxy) is 1. The minimum atomic E-state index is -0.385. The molecule has 0 saturated heterocycles. The van der Waals surface area contributed by atoms with Crippen molar-refractivity contribution in [2.75, 3.05) is 0 Å². The van der Waals surface area contributed by atoms with Crippen molar-refractivity contribution in [3.05, 3.63) is 70.1 Å². The second kappa shape index (κ2) is 6.96. The Morgan fingerprint density at radius 2 is 2.00 bits per heavy atom. The summed E-state index contributed by atoms with van der Waals surface area (Å²) >= 11 is 3.19. The SMILES string of the molecule is O=C(CCc1c[nH]c2ccccc12)OCc1ccc(Br)cc1F. The first-order valence-electron chi connectivity index (χ1n) is 7.28. The number of hydrogen-bond acceptors (Lipinski definition) is 2. The number of nitrogens with one attached hydrogen (secondary N) is 1. The van der Waals surface area contributed by atoms with Gasteiger partial charge in [0.05, 0.1) is 0 Å². The van der Waals surface area contributed by atoms with E-state index in [4.69, 9.17) is 4.74 Å². The first-order valence-corrected chi connectivity index (χ1v) is 8.07. The molecule has 0 amide bonds. The van der Waals surface area contributed by atoms with Gasteiger partial charge in [0.25, 0.3) is 0 Å². The van der Waals surface area contributed by atoms with Gasteiger partial charge in [0.1, 0.15) is 12.4 Å². The molecule has 118 valence electrons. The molecule has 0 atom stereocenters. The summed E-state index contributed by atoms with van der Waals surface area (Å²) in [6, 6.07) is 12.6. The first-order chi connectivity index (χ1) is 11.1. The van der Waals surface area contributed by atoms with Gasteiger partial charge in [-0.3, -0.25) is 4.79 Å². The second-order valence-corrected chi connectivity index (χ2v) is 6.17. The number of aromatic nitrogens is 1. The van der Waals surface area contributed by atoms with E-state index >= 15 is 0 Å². The van der Waals surface area contributed by atoms with Gasteiger partial charge in [0.2, 0.25) is 0 Å². The number of esters is 1. The molecule has 3 rings (SSSR count). The number of carbonyl (C=O) groups excluding carboxylic acids is 1. The largest absolute Gasteiger partial charge is 0.461 e. The molecule has 0 aliphatic rings. The van der Waals surface area contributed by atoms with Gasteiger partial charge >= 0.3 is 5.97 Å². The third-order valence-electron chi connectivity index (χ3n) is 3.68. The number of carbonyl (C=O) groups is 1.